The first-order chi connectivity index (χ1) is 0. The minimum Gasteiger partial charge on any atom is -1.00 e. The first kappa shape index (κ1) is 30.0. The van der Waals surface area contributed by atoms with Crippen molar-refractivity contribution in [2.45, 2.75) is 7.43 Å². The van der Waals surface area contributed by atoms with E-state index in [0.717, 1.165) is 0 Å². The molecule has 0 aromatic rings. The Labute approximate surface area is 87.9 Å². The molecule has 4 heavy (non-hydrogen) atoms. The molecule has 0 unspecified atom stereocenters. The Bertz CT molecular complexity index is 11.6. The molecule has 0 nitrogen and oxygen atoms in total. The fraction of sp³-hybridized carbons (Fsp3) is 1.00. The first-order valence-corrected chi connectivity index (χ1v) is 0. The van der Waals surface area contributed by atoms with E-state index in [4.69, 9.17) is 0 Å². The maximum atomic E-state index is 0. The molecule has 0 heterocycles. The van der Waals surface area contributed by atoms with Gasteiger partial charge in [0, 0.05) is 61.8 Å². The van der Waals surface area contributed by atoms with Crippen LogP contribution in [-0.2, 0) is 26.2 Å². The van der Waals surface area contributed by atoms with Crippen molar-refractivity contribution >= 4 is 0 Å². The van der Waals surface area contributed by atoms with Crippen molar-refractivity contribution in [1.82, 2.24) is 0 Å². The zero-order chi connectivity index (χ0) is 0. The van der Waals surface area contributed by atoms with Crippen LogP contribution in [-0.4, -0.2) is 0 Å². The maximum Gasteiger partial charge on any atom is 1.00 e. The van der Waals surface area contributed by atoms with Crippen molar-refractivity contribution in [3.8, 4) is 0 Å². The molecule has 0 spiro atoms. The van der Waals surface area contributed by atoms with Gasteiger partial charge in [0.05, 0.1) is 0 Å². The smallest absolute Gasteiger partial charge is 1.00 e. The molecule has 0 N–H and O–H groups in total. The molecule has 3 heteroatoms. The summed E-state index contributed by atoms with van der Waals surface area (Å²) in [6.45, 7) is 0. The van der Waals surface area contributed by atoms with Gasteiger partial charge in [-0.3, -0.25) is 0 Å². The van der Waals surface area contributed by atoms with Crippen molar-refractivity contribution in [3.05, 3.63) is 0 Å². The Kier molecular flexibility index (Phi) is 130. The van der Waals surface area contributed by atoms with Gasteiger partial charge in [0.2, 0.25) is 0 Å². The van der Waals surface area contributed by atoms with E-state index in [0.29, 0.717) is 0 Å². The van der Waals surface area contributed by atoms with Crippen LogP contribution in [0.2, 0.25) is 0 Å². The van der Waals surface area contributed by atoms with Gasteiger partial charge in [0.15, 0.2) is 0 Å². The fourth-order valence-electron chi connectivity index (χ4n) is 0. The summed E-state index contributed by atoms with van der Waals surface area (Å²) < 4.78 is 0. The second-order valence-corrected chi connectivity index (χ2v) is 0. The third-order valence-electron chi connectivity index (χ3n) is 0. The Morgan fingerprint density at radius 3 is 1.25 bits per heavy atom. The van der Waals surface area contributed by atoms with E-state index < -0.39 is 0 Å². The van der Waals surface area contributed by atoms with E-state index in [1.807, 2.05) is 0 Å². The molecule has 0 aliphatic carbocycles. The summed E-state index contributed by atoms with van der Waals surface area (Å²) in [5, 5.41) is 0. The minimum absolute atomic E-state index is 0. The topological polar surface area (TPSA) is 0 Å². The van der Waals surface area contributed by atoms with E-state index in [1.54, 1.807) is 0 Å². The molecular weight excluding hydrogens is 249 g/mol. The SMILES string of the molecule is C.[H-].[La].[Li+].[Zr]. The van der Waals surface area contributed by atoms with E-state index in [-0.39, 0.29) is 89.5 Å². The predicted molar refractivity (Wildman–Crippen MR) is 7.84 cm³/mol. The van der Waals surface area contributed by atoms with Crippen LogP contribution in [0.3, 0.4) is 0 Å². The zero-order valence-electron chi connectivity index (χ0n) is 3.08. The molecule has 0 bridgehead atoms. The number of hydrogen-bond acceptors (Lipinski definition) is 0. The van der Waals surface area contributed by atoms with Gasteiger partial charge in [-0.1, -0.05) is 7.43 Å². The Morgan fingerprint density at radius 2 is 1.25 bits per heavy atom. The summed E-state index contributed by atoms with van der Waals surface area (Å²) in [5.74, 6) is 0. The minimum atomic E-state index is 0. The van der Waals surface area contributed by atoms with E-state index in [1.165, 1.54) is 0 Å². The molecule has 0 rings (SSSR count). The third-order valence-corrected chi connectivity index (χ3v) is 0. The molecule has 0 atom stereocenters. The van der Waals surface area contributed by atoms with Crippen LogP contribution >= 0.6 is 0 Å². The van der Waals surface area contributed by atoms with Gasteiger partial charge in [-0.15, -0.1) is 0 Å². The van der Waals surface area contributed by atoms with Crippen LogP contribution < -0.4 is 18.9 Å². The van der Waals surface area contributed by atoms with Gasteiger partial charge in [-0.25, -0.2) is 0 Å². The van der Waals surface area contributed by atoms with Crippen molar-refractivity contribution in [2.24, 2.45) is 0 Å². The average molecular weight is 254 g/mol. The Hall–Kier alpha value is 2.68. The van der Waals surface area contributed by atoms with Crippen LogP contribution in [0, 0.1) is 35.6 Å². The van der Waals surface area contributed by atoms with Crippen molar-refractivity contribution < 1.29 is 82.1 Å². The van der Waals surface area contributed by atoms with Crippen LogP contribution in [0.1, 0.15) is 8.85 Å². The summed E-state index contributed by atoms with van der Waals surface area (Å²) in [6.07, 6.45) is 0. The zero-order valence-corrected chi connectivity index (χ0v) is 8.16. The number of rotatable bonds is 0. The first-order valence-electron chi connectivity index (χ1n) is 0. The normalized spacial score (nSPS) is 0. The quantitative estimate of drug-likeness (QED) is 0.428. The molecule has 0 aliphatic heterocycles. The van der Waals surface area contributed by atoms with Crippen LogP contribution in [0.4, 0.5) is 0 Å². The molecule has 0 aliphatic rings. The van der Waals surface area contributed by atoms with Gasteiger partial charge in [-0.05, 0) is 0 Å². The molecule has 17 valence electrons. The Morgan fingerprint density at radius 1 is 1.25 bits per heavy atom. The van der Waals surface area contributed by atoms with Crippen LogP contribution in [0.5, 0.6) is 0 Å². The summed E-state index contributed by atoms with van der Waals surface area (Å²) in [7, 11) is 0. The number of hydrogen-bond donors (Lipinski definition) is 0. The van der Waals surface area contributed by atoms with Gasteiger partial charge < -0.3 is 1.43 Å². The molecular formula is CH5LaLiZr. The summed E-state index contributed by atoms with van der Waals surface area (Å²) in [5.41, 5.74) is 0. The van der Waals surface area contributed by atoms with Crippen LogP contribution in [0.25, 0.3) is 0 Å². The second kappa shape index (κ2) is 17.3. The molecule has 0 fully saturated rings. The Balaban J connectivity index is 0. The fourth-order valence-corrected chi connectivity index (χ4v) is 0. The van der Waals surface area contributed by atoms with Gasteiger partial charge >= 0.3 is 18.9 Å². The molecule has 0 amide bonds. The monoisotopic (exact) mass is 253 g/mol. The standard InChI is InChI=1S/CH4.La.Li.Zr.H/h1H4;;;;/q;;+1;;-1. The average Bonchev–Trinajstić information content (AvgIpc) is 0. The van der Waals surface area contributed by atoms with Gasteiger partial charge in [-0.2, -0.15) is 0 Å². The van der Waals surface area contributed by atoms with Crippen LogP contribution in [0.15, 0.2) is 0 Å². The molecule has 0 aromatic carbocycles. The third kappa shape index (κ3) is 8.82. The molecule has 1 radical (unpaired) electrons. The van der Waals surface area contributed by atoms with Gasteiger partial charge in [0.25, 0.3) is 0 Å². The van der Waals surface area contributed by atoms with E-state index in [2.05, 4.69) is 0 Å². The summed E-state index contributed by atoms with van der Waals surface area (Å²) in [4.78, 5) is 0. The second-order valence-electron chi connectivity index (χ2n) is 0. The van der Waals surface area contributed by atoms with Crippen molar-refractivity contribution in [3.63, 3.8) is 0 Å². The maximum absolute atomic E-state index is 0. The van der Waals surface area contributed by atoms with Gasteiger partial charge in [0.1, 0.15) is 0 Å². The predicted octanol–water partition coefficient (Wildman–Crippen LogP) is -2.25. The van der Waals surface area contributed by atoms with Crippen molar-refractivity contribution in [2.75, 3.05) is 0 Å². The summed E-state index contributed by atoms with van der Waals surface area (Å²) in [6, 6.07) is 0. The van der Waals surface area contributed by atoms with E-state index in [9.17, 15) is 0 Å². The largest absolute Gasteiger partial charge is 1.00 e. The van der Waals surface area contributed by atoms with Crippen molar-refractivity contribution in [1.29, 1.82) is 0 Å². The van der Waals surface area contributed by atoms with E-state index >= 15 is 0 Å². The molecule has 0 saturated heterocycles. The molecule has 0 saturated carbocycles. The summed E-state index contributed by atoms with van der Waals surface area (Å²) >= 11 is 0. The molecule has 0 aromatic heterocycles.